The lowest BCUT2D eigenvalue weighted by atomic mass is 10.1. The van der Waals surface area contributed by atoms with E-state index in [-0.39, 0.29) is 0 Å². The second-order valence-corrected chi connectivity index (χ2v) is 12.4. The van der Waals surface area contributed by atoms with Crippen LogP contribution in [0.3, 0.4) is 0 Å². The zero-order valence-corrected chi connectivity index (χ0v) is 27.9. The fourth-order valence-corrected chi connectivity index (χ4v) is 5.35. The molecule has 4 aromatic rings. The SMILES string of the molecule is Cc1cc(CCNN(C)Cc2ccc(Br)cc2Oc2ccc(Cl)c(C)c2C)c(Oc2ccc(Cl)c(C)c2C)cc1Cl. The van der Waals surface area contributed by atoms with E-state index in [2.05, 4.69) is 38.5 Å². The van der Waals surface area contributed by atoms with Gasteiger partial charge in [-0.25, -0.2) is 5.01 Å². The maximum atomic E-state index is 6.49. The van der Waals surface area contributed by atoms with Gasteiger partial charge in [-0.05, 0) is 117 Å². The van der Waals surface area contributed by atoms with Crippen LogP contribution in [0.25, 0.3) is 0 Å². The highest BCUT2D eigenvalue weighted by Gasteiger charge is 2.15. The van der Waals surface area contributed by atoms with Crippen LogP contribution >= 0.6 is 50.7 Å². The zero-order chi connectivity index (χ0) is 29.8. The Morgan fingerprint density at radius 2 is 1.22 bits per heavy atom. The predicted molar refractivity (Wildman–Crippen MR) is 176 cm³/mol. The van der Waals surface area contributed by atoms with Crippen molar-refractivity contribution in [3.63, 3.8) is 0 Å². The number of hydrogen-bond donors (Lipinski definition) is 1. The van der Waals surface area contributed by atoms with Crippen LogP contribution < -0.4 is 14.9 Å². The molecule has 4 aromatic carbocycles. The molecule has 216 valence electrons. The maximum Gasteiger partial charge on any atom is 0.133 e. The summed E-state index contributed by atoms with van der Waals surface area (Å²) in [5.74, 6) is 3.09. The Labute approximate surface area is 266 Å². The van der Waals surface area contributed by atoms with Gasteiger partial charge in [-0.2, -0.15) is 0 Å². The Morgan fingerprint density at radius 3 is 1.80 bits per heavy atom. The van der Waals surface area contributed by atoms with Crippen molar-refractivity contribution < 1.29 is 9.47 Å². The summed E-state index contributed by atoms with van der Waals surface area (Å²) in [6, 6.07) is 17.6. The first-order chi connectivity index (χ1) is 19.4. The summed E-state index contributed by atoms with van der Waals surface area (Å²) < 4.78 is 13.7. The summed E-state index contributed by atoms with van der Waals surface area (Å²) >= 11 is 22.7. The summed E-state index contributed by atoms with van der Waals surface area (Å²) in [7, 11) is 2.02. The van der Waals surface area contributed by atoms with Gasteiger partial charge in [0.05, 0.1) is 0 Å². The monoisotopic (exact) mass is 674 g/mol. The largest absolute Gasteiger partial charge is 0.457 e. The van der Waals surface area contributed by atoms with E-state index in [1.165, 1.54) is 0 Å². The van der Waals surface area contributed by atoms with Crippen LogP contribution in [-0.2, 0) is 13.0 Å². The molecular weight excluding hydrogens is 643 g/mol. The number of hydrogen-bond acceptors (Lipinski definition) is 4. The van der Waals surface area contributed by atoms with Crippen LogP contribution in [0, 0.1) is 34.6 Å². The van der Waals surface area contributed by atoms with Crippen molar-refractivity contribution in [1.29, 1.82) is 0 Å². The second-order valence-electron chi connectivity index (χ2n) is 10.3. The van der Waals surface area contributed by atoms with Crippen molar-refractivity contribution in [3.05, 3.63) is 113 Å². The molecule has 41 heavy (non-hydrogen) atoms. The normalized spacial score (nSPS) is 11.3. The summed E-state index contributed by atoms with van der Waals surface area (Å²) in [5, 5.41) is 4.19. The molecule has 0 bridgehead atoms. The molecule has 0 fully saturated rings. The average molecular weight is 677 g/mol. The van der Waals surface area contributed by atoms with Gasteiger partial charge in [-0.15, -0.1) is 0 Å². The number of ether oxygens (including phenoxy) is 2. The van der Waals surface area contributed by atoms with Gasteiger partial charge >= 0.3 is 0 Å². The molecule has 1 N–H and O–H groups in total. The molecule has 8 heteroatoms. The molecule has 0 heterocycles. The number of rotatable bonds is 10. The fourth-order valence-electron chi connectivity index (χ4n) is 4.44. The Bertz CT molecular complexity index is 1580. The third-order valence-electron chi connectivity index (χ3n) is 7.34. The third-order valence-corrected chi connectivity index (χ3v) is 9.06. The topological polar surface area (TPSA) is 33.7 Å². The fraction of sp³-hybridized carbons (Fsp3) is 0.273. The minimum absolute atomic E-state index is 0.639. The predicted octanol–water partition coefficient (Wildman–Crippen LogP) is 10.7. The molecule has 0 unspecified atom stereocenters. The van der Waals surface area contributed by atoms with E-state index in [0.29, 0.717) is 18.1 Å². The van der Waals surface area contributed by atoms with E-state index < -0.39 is 0 Å². The zero-order valence-electron chi connectivity index (χ0n) is 24.1. The van der Waals surface area contributed by atoms with E-state index in [0.717, 1.165) is 82.9 Å². The van der Waals surface area contributed by atoms with Crippen LogP contribution in [0.5, 0.6) is 23.0 Å². The van der Waals surface area contributed by atoms with E-state index in [1.54, 1.807) is 0 Å². The van der Waals surface area contributed by atoms with Crippen molar-refractivity contribution in [2.75, 3.05) is 13.6 Å². The van der Waals surface area contributed by atoms with Crippen molar-refractivity contribution in [2.45, 2.75) is 47.6 Å². The molecule has 0 aliphatic heterocycles. The number of aryl methyl sites for hydroxylation is 1. The lowest BCUT2D eigenvalue weighted by Crippen LogP contribution is -2.35. The van der Waals surface area contributed by atoms with Gasteiger partial charge in [0.15, 0.2) is 0 Å². The highest BCUT2D eigenvalue weighted by molar-refractivity contribution is 9.10. The second kappa shape index (κ2) is 13.8. The molecule has 0 saturated heterocycles. The molecule has 0 spiro atoms. The molecule has 0 atom stereocenters. The van der Waals surface area contributed by atoms with Crippen LogP contribution in [-0.4, -0.2) is 18.6 Å². The van der Waals surface area contributed by atoms with Crippen LogP contribution in [0.1, 0.15) is 38.9 Å². The number of nitrogens with zero attached hydrogens (tertiary/aromatic N) is 1. The van der Waals surface area contributed by atoms with Gasteiger partial charge in [-0.1, -0.05) is 62.9 Å². The van der Waals surface area contributed by atoms with Gasteiger partial charge in [0.1, 0.15) is 23.0 Å². The molecule has 0 saturated carbocycles. The molecule has 4 rings (SSSR count). The first-order valence-electron chi connectivity index (χ1n) is 13.3. The van der Waals surface area contributed by atoms with Crippen molar-refractivity contribution in [3.8, 4) is 23.0 Å². The minimum atomic E-state index is 0.639. The number of nitrogens with one attached hydrogen (secondary N) is 1. The number of halogens is 4. The van der Waals surface area contributed by atoms with E-state index in [4.69, 9.17) is 44.3 Å². The average Bonchev–Trinajstić information content (AvgIpc) is 2.93. The Balaban J connectivity index is 1.45. The molecule has 0 radical (unpaired) electrons. The van der Waals surface area contributed by atoms with Gasteiger partial charge in [0.2, 0.25) is 0 Å². The molecule has 0 aliphatic carbocycles. The van der Waals surface area contributed by atoms with Crippen molar-refractivity contribution in [2.24, 2.45) is 0 Å². The number of hydrazine groups is 1. The third kappa shape index (κ3) is 7.78. The van der Waals surface area contributed by atoms with Crippen LogP contribution in [0.15, 0.2) is 59.1 Å². The molecular formula is C33H34BrCl3N2O2. The molecule has 4 nitrogen and oxygen atoms in total. The molecule has 0 amide bonds. The first-order valence-corrected chi connectivity index (χ1v) is 15.3. The van der Waals surface area contributed by atoms with Crippen LogP contribution in [0.2, 0.25) is 15.1 Å². The highest BCUT2D eigenvalue weighted by Crippen LogP contribution is 2.36. The quantitative estimate of drug-likeness (QED) is 0.170. The Hall–Kier alpha value is -2.25. The van der Waals surface area contributed by atoms with E-state index in [9.17, 15) is 0 Å². The summed E-state index contributed by atoms with van der Waals surface area (Å²) in [6.45, 7) is 11.4. The smallest absolute Gasteiger partial charge is 0.133 e. The van der Waals surface area contributed by atoms with Gasteiger partial charge < -0.3 is 9.47 Å². The Kier molecular flexibility index (Phi) is 10.7. The molecule has 0 aliphatic rings. The van der Waals surface area contributed by atoms with Gasteiger partial charge in [0, 0.05) is 45.2 Å². The standard InChI is InChI=1S/C33H34BrCl3N2O2/c1-19-15-24(33(17-29(19)37)41-31-12-10-28(36)21(3)23(31)5)13-14-38-39(6)18-25-7-8-26(34)16-32(25)40-30-11-9-27(35)20(2)22(30)4/h7-12,15-17,38H,13-14,18H2,1-6H3. The highest BCUT2D eigenvalue weighted by atomic mass is 79.9. The summed E-state index contributed by atoms with van der Waals surface area (Å²) in [4.78, 5) is 0. The van der Waals surface area contributed by atoms with Crippen molar-refractivity contribution in [1.82, 2.24) is 10.4 Å². The minimum Gasteiger partial charge on any atom is -0.457 e. The lowest BCUT2D eigenvalue weighted by Gasteiger charge is -2.22. The van der Waals surface area contributed by atoms with E-state index in [1.807, 2.05) is 84.1 Å². The summed E-state index contributed by atoms with van der Waals surface area (Å²) in [6.07, 6.45) is 0.746. The van der Waals surface area contributed by atoms with Gasteiger partial charge in [0.25, 0.3) is 0 Å². The van der Waals surface area contributed by atoms with Gasteiger partial charge in [-0.3, -0.25) is 5.43 Å². The Morgan fingerprint density at radius 1 is 0.659 bits per heavy atom. The summed E-state index contributed by atoms with van der Waals surface area (Å²) in [5.41, 5.74) is 10.7. The molecule has 0 aromatic heterocycles. The van der Waals surface area contributed by atoms with Crippen LogP contribution in [0.4, 0.5) is 0 Å². The first kappa shape index (κ1) is 31.7. The number of benzene rings is 4. The van der Waals surface area contributed by atoms with E-state index >= 15 is 0 Å². The lowest BCUT2D eigenvalue weighted by molar-refractivity contribution is 0.225. The maximum absolute atomic E-state index is 6.49. The van der Waals surface area contributed by atoms with Crippen molar-refractivity contribution >= 4 is 50.7 Å².